The first kappa shape index (κ1) is 24.9. The van der Waals surface area contributed by atoms with Gasteiger partial charge in [-0.05, 0) is 36.4 Å². The summed E-state index contributed by atoms with van der Waals surface area (Å²) in [5.41, 5.74) is 2.47. The number of hydrogen-bond donors (Lipinski definition) is 2. The van der Waals surface area contributed by atoms with Crippen LogP contribution in [0.4, 0.5) is 22.7 Å². The van der Waals surface area contributed by atoms with Crippen LogP contribution in [0, 0.1) is 20.2 Å². The minimum absolute atomic E-state index is 0.0339. The van der Waals surface area contributed by atoms with Crippen LogP contribution < -0.4 is 14.9 Å². The van der Waals surface area contributed by atoms with Crippen molar-refractivity contribution >= 4 is 45.1 Å². The first-order valence-electron chi connectivity index (χ1n) is 9.86. The first-order valence-corrected chi connectivity index (χ1v) is 11.3. The van der Waals surface area contributed by atoms with E-state index in [2.05, 4.69) is 15.2 Å². The Kier molecular flexibility index (Phi) is 7.74. The molecule has 3 aromatic rings. The molecule has 0 radical (unpaired) electrons. The molecule has 0 bridgehead atoms. The van der Waals surface area contributed by atoms with Gasteiger partial charge in [-0.2, -0.15) is 5.10 Å². The van der Waals surface area contributed by atoms with Gasteiger partial charge < -0.3 is 4.74 Å². The number of methoxy groups -OCH3 is 1. The lowest BCUT2D eigenvalue weighted by Crippen LogP contribution is -2.15. The highest BCUT2D eigenvalue weighted by atomic mass is 32.2. The van der Waals surface area contributed by atoms with Gasteiger partial charge in [-0.25, -0.2) is 8.42 Å². The second-order valence-corrected chi connectivity index (χ2v) is 8.46. The van der Waals surface area contributed by atoms with Crippen molar-refractivity contribution in [3.8, 4) is 5.75 Å². The number of rotatable bonds is 10. The summed E-state index contributed by atoms with van der Waals surface area (Å²) in [6.07, 6.45) is 4.13. The maximum atomic E-state index is 13.1. The molecule has 35 heavy (non-hydrogen) atoms. The van der Waals surface area contributed by atoms with Gasteiger partial charge in [-0.1, -0.05) is 24.3 Å². The molecule has 0 aliphatic heterocycles. The molecular formula is C22H19N5O7S. The molecule has 0 aliphatic rings. The number of nitro groups is 2. The monoisotopic (exact) mass is 497 g/mol. The molecule has 0 fully saturated rings. The molecule has 0 aliphatic carbocycles. The van der Waals surface area contributed by atoms with Crippen molar-refractivity contribution in [2.45, 2.75) is 4.90 Å². The molecule has 0 unspecified atom stereocenters. The van der Waals surface area contributed by atoms with Crippen molar-refractivity contribution in [2.24, 2.45) is 5.10 Å². The van der Waals surface area contributed by atoms with Crippen molar-refractivity contribution < 1.29 is 23.0 Å². The van der Waals surface area contributed by atoms with Crippen molar-refractivity contribution in [1.29, 1.82) is 0 Å². The third-order valence-electron chi connectivity index (χ3n) is 4.57. The molecule has 12 nitrogen and oxygen atoms in total. The second-order valence-electron chi connectivity index (χ2n) is 6.81. The minimum Gasteiger partial charge on any atom is -0.495 e. The molecule has 0 saturated carbocycles. The van der Waals surface area contributed by atoms with Gasteiger partial charge in [0.2, 0.25) is 0 Å². The Bertz CT molecular complexity index is 1420. The van der Waals surface area contributed by atoms with Gasteiger partial charge in [-0.15, -0.1) is 0 Å². The average Bonchev–Trinajstić information content (AvgIpc) is 2.84. The van der Waals surface area contributed by atoms with Crippen LogP contribution in [0.1, 0.15) is 5.56 Å². The van der Waals surface area contributed by atoms with Gasteiger partial charge in [0.25, 0.3) is 21.4 Å². The number of non-ortho nitro benzene ring substituents is 1. The third kappa shape index (κ3) is 6.17. The molecule has 0 spiro atoms. The zero-order valence-corrected chi connectivity index (χ0v) is 19.0. The van der Waals surface area contributed by atoms with E-state index < -0.39 is 30.5 Å². The predicted molar refractivity (Wildman–Crippen MR) is 131 cm³/mol. The quantitative estimate of drug-likeness (QED) is 0.236. The van der Waals surface area contributed by atoms with E-state index in [1.807, 2.05) is 0 Å². The van der Waals surface area contributed by atoms with E-state index in [0.29, 0.717) is 5.56 Å². The number of hydrogen-bond acceptors (Lipinski definition) is 9. The van der Waals surface area contributed by atoms with Crippen LogP contribution in [-0.2, 0) is 10.0 Å². The van der Waals surface area contributed by atoms with Crippen LogP contribution in [0.3, 0.4) is 0 Å². The normalized spacial score (nSPS) is 11.5. The number of allylic oxidation sites excluding steroid dienone is 1. The zero-order chi connectivity index (χ0) is 25.4. The van der Waals surface area contributed by atoms with E-state index in [1.165, 1.54) is 43.7 Å². The van der Waals surface area contributed by atoms with Crippen LogP contribution >= 0.6 is 0 Å². The molecule has 13 heteroatoms. The molecule has 180 valence electrons. The van der Waals surface area contributed by atoms with E-state index in [-0.39, 0.29) is 22.8 Å². The molecule has 0 atom stereocenters. The zero-order valence-electron chi connectivity index (χ0n) is 18.2. The summed E-state index contributed by atoms with van der Waals surface area (Å²) in [7, 11) is -2.92. The van der Waals surface area contributed by atoms with Crippen molar-refractivity contribution in [1.82, 2.24) is 0 Å². The number of para-hydroxylation sites is 3. The molecule has 0 aromatic heterocycles. The number of nitro benzene ring substituents is 2. The van der Waals surface area contributed by atoms with E-state index in [4.69, 9.17) is 4.74 Å². The molecule has 0 saturated heterocycles. The number of ether oxygens (including phenoxy) is 1. The smallest absolute Gasteiger partial charge is 0.276 e. The standard InChI is InChI=1S/C22H19N5O7S/c1-34-21-11-5-3-9-18(21)25-35(32,33)22-15-17(26(28)29)12-13-19(22)24-23-14-6-8-16-7-2-4-10-20(16)27(30)31/h2-15,24-25H,1H3/b8-6+,23-14+. The summed E-state index contributed by atoms with van der Waals surface area (Å²) in [6.45, 7) is 0. The van der Waals surface area contributed by atoms with Crippen LogP contribution in [0.2, 0.25) is 0 Å². The number of anilines is 2. The number of sulfonamides is 1. The number of nitrogens with zero attached hydrogens (tertiary/aromatic N) is 3. The summed E-state index contributed by atoms with van der Waals surface area (Å²) in [6, 6.07) is 15.6. The fraction of sp³-hybridized carbons (Fsp3) is 0.0455. The van der Waals surface area contributed by atoms with Gasteiger partial charge in [0.1, 0.15) is 10.6 Å². The van der Waals surface area contributed by atoms with Crippen molar-refractivity contribution in [3.05, 3.63) is 98.6 Å². The van der Waals surface area contributed by atoms with E-state index in [0.717, 1.165) is 12.1 Å². The number of hydrazone groups is 1. The first-order chi connectivity index (χ1) is 16.7. The highest BCUT2D eigenvalue weighted by molar-refractivity contribution is 7.93. The van der Waals surface area contributed by atoms with Gasteiger partial charge >= 0.3 is 0 Å². The Morgan fingerprint density at radius 1 is 0.943 bits per heavy atom. The Morgan fingerprint density at radius 3 is 2.37 bits per heavy atom. The molecule has 2 N–H and O–H groups in total. The number of benzene rings is 3. The van der Waals surface area contributed by atoms with E-state index in [1.54, 1.807) is 36.4 Å². The predicted octanol–water partition coefficient (Wildman–Crippen LogP) is 4.42. The summed E-state index contributed by atoms with van der Waals surface area (Å²) in [5, 5.41) is 26.2. The maximum Gasteiger partial charge on any atom is 0.276 e. The van der Waals surface area contributed by atoms with E-state index >= 15 is 0 Å². The lowest BCUT2D eigenvalue weighted by atomic mass is 10.2. The molecular weight excluding hydrogens is 478 g/mol. The van der Waals surface area contributed by atoms with E-state index in [9.17, 15) is 28.6 Å². The average molecular weight is 497 g/mol. The Morgan fingerprint density at radius 2 is 1.66 bits per heavy atom. The van der Waals surface area contributed by atoms with Crippen LogP contribution in [0.5, 0.6) is 5.75 Å². The molecule has 3 rings (SSSR count). The second kappa shape index (κ2) is 10.9. The maximum absolute atomic E-state index is 13.1. The lowest BCUT2D eigenvalue weighted by molar-refractivity contribution is -0.385. The summed E-state index contributed by atoms with van der Waals surface area (Å²) in [4.78, 5) is 20.7. The Balaban J connectivity index is 1.88. The van der Waals surface area contributed by atoms with Crippen LogP contribution in [-0.4, -0.2) is 31.6 Å². The Hall–Kier alpha value is -4.78. The fourth-order valence-corrected chi connectivity index (χ4v) is 4.21. The largest absolute Gasteiger partial charge is 0.495 e. The van der Waals surface area contributed by atoms with Crippen LogP contribution in [0.25, 0.3) is 6.08 Å². The van der Waals surface area contributed by atoms with Gasteiger partial charge in [0.15, 0.2) is 0 Å². The van der Waals surface area contributed by atoms with Gasteiger partial charge in [0.05, 0.1) is 33.9 Å². The SMILES string of the molecule is COc1ccccc1NS(=O)(=O)c1cc([N+](=O)[O-])ccc1N/N=C/C=C/c1ccccc1[N+](=O)[O-]. The summed E-state index contributed by atoms with van der Waals surface area (Å²) in [5.74, 6) is 0.258. The molecule has 0 heterocycles. The third-order valence-corrected chi connectivity index (χ3v) is 5.98. The van der Waals surface area contributed by atoms with Crippen molar-refractivity contribution in [2.75, 3.05) is 17.3 Å². The highest BCUT2D eigenvalue weighted by Gasteiger charge is 2.23. The number of nitrogens with one attached hydrogen (secondary N) is 2. The van der Waals surface area contributed by atoms with Crippen LogP contribution in [0.15, 0.2) is 82.8 Å². The fourth-order valence-electron chi connectivity index (χ4n) is 2.96. The minimum atomic E-state index is -4.30. The summed E-state index contributed by atoms with van der Waals surface area (Å²) < 4.78 is 33.7. The Labute approximate surface area is 199 Å². The highest BCUT2D eigenvalue weighted by Crippen LogP contribution is 2.31. The van der Waals surface area contributed by atoms with Gasteiger partial charge in [-0.3, -0.25) is 30.4 Å². The summed E-state index contributed by atoms with van der Waals surface area (Å²) >= 11 is 0. The van der Waals surface area contributed by atoms with Gasteiger partial charge in [0, 0.05) is 24.4 Å². The topological polar surface area (TPSA) is 166 Å². The van der Waals surface area contributed by atoms with Crippen molar-refractivity contribution in [3.63, 3.8) is 0 Å². The lowest BCUT2D eigenvalue weighted by Gasteiger charge is -2.14. The molecule has 3 aromatic carbocycles. The molecule has 0 amide bonds.